The van der Waals surface area contributed by atoms with Gasteiger partial charge in [-0.3, -0.25) is 4.79 Å². The van der Waals surface area contributed by atoms with Crippen molar-refractivity contribution in [2.75, 3.05) is 23.7 Å². The maximum atomic E-state index is 12.7. The summed E-state index contributed by atoms with van der Waals surface area (Å²) in [5, 5.41) is 6.03. The minimum absolute atomic E-state index is 0.0551. The van der Waals surface area contributed by atoms with Crippen molar-refractivity contribution in [3.8, 4) is 0 Å². The molecule has 3 rings (SSSR count). The molecular formula is C24H31N3O2. The zero-order valence-electron chi connectivity index (χ0n) is 17.8. The summed E-state index contributed by atoms with van der Waals surface area (Å²) < 4.78 is 0. The largest absolute Gasteiger partial charge is 0.326 e. The van der Waals surface area contributed by atoms with Crippen molar-refractivity contribution in [1.82, 2.24) is 4.90 Å². The molecule has 1 saturated heterocycles. The van der Waals surface area contributed by atoms with E-state index in [-0.39, 0.29) is 23.8 Å². The van der Waals surface area contributed by atoms with Crippen LogP contribution < -0.4 is 10.6 Å². The molecule has 1 aliphatic heterocycles. The first-order valence-corrected chi connectivity index (χ1v) is 10.3. The number of anilines is 2. The Kier molecular flexibility index (Phi) is 6.57. The van der Waals surface area contributed by atoms with Gasteiger partial charge < -0.3 is 15.5 Å². The Hall–Kier alpha value is -2.82. The Morgan fingerprint density at radius 2 is 1.55 bits per heavy atom. The smallest absolute Gasteiger partial charge is 0.321 e. The van der Waals surface area contributed by atoms with E-state index in [0.717, 1.165) is 35.3 Å². The summed E-state index contributed by atoms with van der Waals surface area (Å²) in [6, 6.07) is 13.8. The summed E-state index contributed by atoms with van der Waals surface area (Å²) >= 11 is 0. The number of piperidine rings is 1. The molecule has 29 heavy (non-hydrogen) atoms. The van der Waals surface area contributed by atoms with Gasteiger partial charge in [0.1, 0.15) is 0 Å². The monoisotopic (exact) mass is 393 g/mol. The lowest BCUT2D eigenvalue weighted by atomic mass is 9.85. The standard InChI is InChI=1S/C24H31N3O2/c1-16-5-8-21(9-6-16)25-24(29)27-13-11-20(12-14-27)19(4)23(28)26-22-10-7-17(2)15-18(22)3/h5-10,15,19-20H,11-14H2,1-4H3,(H,25,29)(H,26,28)/t19-/m1/s1. The number of carbonyl (C=O) groups excluding carboxylic acids is 2. The predicted molar refractivity (Wildman–Crippen MR) is 118 cm³/mol. The van der Waals surface area contributed by atoms with Crippen LogP contribution in [0.25, 0.3) is 0 Å². The third-order valence-electron chi connectivity index (χ3n) is 5.89. The third kappa shape index (κ3) is 5.37. The highest BCUT2D eigenvalue weighted by atomic mass is 16.2. The maximum Gasteiger partial charge on any atom is 0.321 e. The summed E-state index contributed by atoms with van der Waals surface area (Å²) in [6.45, 7) is 9.41. The van der Waals surface area contributed by atoms with Crippen LogP contribution in [0.2, 0.25) is 0 Å². The molecule has 0 unspecified atom stereocenters. The third-order valence-corrected chi connectivity index (χ3v) is 5.89. The molecule has 0 spiro atoms. The molecule has 0 bridgehead atoms. The normalized spacial score (nSPS) is 15.7. The van der Waals surface area contributed by atoms with Gasteiger partial charge in [-0.1, -0.05) is 42.3 Å². The number of rotatable bonds is 4. The summed E-state index contributed by atoms with van der Waals surface area (Å²) in [4.78, 5) is 27.1. The molecule has 1 atom stereocenters. The highest BCUT2D eigenvalue weighted by Gasteiger charge is 2.30. The van der Waals surface area contributed by atoms with Gasteiger partial charge in [0.25, 0.3) is 0 Å². The molecule has 1 fully saturated rings. The van der Waals surface area contributed by atoms with E-state index in [2.05, 4.69) is 16.7 Å². The first-order valence-electron chi connectivity index (χ1n) is 10.3. The van der Waals surface area contributed by atoms with Crippen LogP contribution in [-0.2, 0) is 4.79 Å². The zero-order chi connectivity index (χ0) is 21.0. The number of hydrogen-bond donors (Lipinski definition) is 2. The van der Waals surface area contributed by atoms with Crippen LogP contribution in [0, 0.1) is 32.6 Å². The van der Waals surface area contributed by atoms with Gasteiger partial charge in [0.2, 0.25) is 5.91 Å². The van der Waals surface area contributed by atoms with Crippen molar-refractivity contribution in [2.45, 2.75) is 40.5 Å². The van der Waals surface area contributed by atoms with Gasteiger partial charge >= 0.3 is 6.03 Å². The fourth-order valence-corrected chi connectivity index (χ4v) is 3.86. The predicted octanol–water partition coefficient (Wildman–Crippen LogP) is 5.13. The van der Waals surface area contributed by atoms with Crippen molar-refractivity contribution in [2.24, 2.45) is 11.8 Å². The Bertz CT molecular complexity index is 868. The summed E-state index contributed by atoms with van der Waals surface area (Å²) in [5.41, 5.74) is 5.11. The molecule has 1 heterocycles. The highest BCUT2D eigenvalue weighted by molar-refractivity contribution is 5.93. The van der Waals surface area contributed by atoms with E-state index in [1.54, 1.807) is 0 Å². The molecular weight excluding hydrogens is 362 g/mol. The van der Waals surface area contributed by atoms with Crippen LogP contribution in [0.1, 0.15) is 36.5 Å². The Balaban J connectivity index is 1.50. The van der Waals surface area contributed by atoms with Gasteiger partial charge in [-0.15, -0.1) is 0 Å². The number of likely N-dealkylation sites (tertiary alicyclic amines) is 1. The SMILES string of the molecule is Cc1ccc(NC(=O)N2CCC([C@@H](C)C(=O)Nc3ccc(C)cc3C)CC2)cc1. The molecule has 2 N–H and O–H groups in total. The Morgan fingerprint density at radius 3 is 2.17 bits per heavy atom. The highest BCUT2D eigenvalue weighted by Crippen LogP contribution is 2.27. The topological polar surface area (TPSA) is 61.4 Å². The van der Waals surface area contributed by atoms with Crippen LogP contribution in [0.3, 0.4) is 0 Å². The number of benzene rings is 2. The van der Waals surface area contributed by atoms with E-state index in [4.69, 9.17) is 0 Å². The minimum Gasteiger partial charge on any atom is -0.326 e. The number of amides is 3. The quantitative estimate of drug-likeness (QED) is 0.756. The second kappa shape index (κ2) is 9.12. The van der Waals surface area contributed by atoms with Crippen molar-refractivity contribution in [3.63, 3.8) is 0 Å². The second-order valence-electron chi connectivity index (χ2n) is 8.22. The summed E-state index contributed by atoms with van der Waals surface area (Å²) in [5.74, 6) is 0.252. The van der Waals surface area contributed by atoms with Crippen LogP contribution in [0.4, 0.5) is 16.2 Å². The van der Waals surface area contributed by atoms with Crippen LogP contribution in [0.5, 0.6) is 0 Å². The molecule has 5 heteroatoms. The van der Waals surface area contributed by atoms with Gasteiger partial charge in [-0.25, -0.2) is 4.79 Å². The van der Waals surface area contributed by atoms with E-state index in [9.17, 15) is 9.59 Å². The molecule has 5 nitrogen and oxygen atoms in total. The van der Waals surface area contributed by atoms with Gasteiger partial charge in [0.15, 0.2) is 0 Å². The number of urea groups is 1. The van der Waals surface area contributed by atoms with Crippen LogP contribution in [0.15, 0.2) is 42.5 Å². The van der Waals surface area contributed by atoms with Crippen molar-refractivity contribution >= 4 is 23.3 Å². The van der Waals surface area contributed by atoms with Crippen molar-refractivity contribution in [1.29, 1.82) is 0 Å². The van der Waals surface area contributed by atoms with Gasteiger partial charge in [-0.2, -0.15) is 0 Å². The summed E-state index contributed by atoms with van der Waals surface area (Å²) in [7, 11) is 0. The number of aryl methyl sites for hydroxylation is 3. The Morgan fingerprint density at radius 1 is 0.931 bits per heavy atom. The first kappa shape index (κ1) is 20.9. The number of nitrogens with zero attached hydrogens (tertiary/aromatic N) is 1. The van der Waals surface area contributed by atoms with Crippen LogP contribution in [-0.4, -0.2) is 29.9 Å². The second-order valence-corrected chi connectivity index (χ2v) is 8.22. The van der Waals surface area contributed by atoms with E-state index >= 15 is 0 Å². The molecule has 0 aliphatic carbocycles. The molecule has 2 aromatic carbocycles. The van der Waals surface area contributed by atoms with Crippen LogP contribution >= 0.6 is 0 Å². The average Bonchev–Trinajstić information content (AvgIpc) is 2.71. The van der Waals surface area contributed by atoms with E-state index in [1.165, 1.54) is 5.56 Å². The average molecular weight is 394 g/mol. The molecule has 2 aromatic rings. The number of hydrogen-bond acceptors (Lipinski definition) is 2. The minimum atomic E-state index is -0.0852. The van der Waals surface area contributed by atoms with E-state index in [0.29, 0.717) is 13.1 Å². The van der Waals surface area contributed by atoms with Gasteiger partial charge in [0, 0.05) is 30.4 Å². The van der Waals surface area contributed by atoms with Gasteiger partial charge in [-0.05, 0) is 63.3 Å². The molecule has 1 aliphatic rings. The maximum absolute atomic E-state index is 12.7. The molecule has 154 valence electrons. The molecule has 0 saturated carbocycles. The van der Waals surface area contributed by atoms with Crippen molar-refractivity contribution in [3.05, 3.63) is 59.2 Å². The molecule has 0 radical (unpaired) electrons. The molecule has 0 aromatic heterocycles. The Labute approximate surface area is 173 Å². The number of nitrogens with one attached hydrogen (secondary N) is 2. The first-order chi connectivity index (χ1) is 13.8. The van der Waals surface area contributed by atoms with E-state index < -0.39 is 0 Å². The summed E-state index contributed by atoms with van der Waals surface area (Å²) in [6.07, 6.45) is 1.67. The lowest BCUT2D eigenvalue weighted by Crippen LogP contribution is -2.43. The van der Waals surface area contributed by atoms with Gasteiger partial charge in [0.05, 0.1) is 0 Å². The van der Waals surface area contributed by atoms with E-state index in [1.807, 2.05) is 69.0 Å². The lowest BCUT2D eigenvalue weighted by molar-refractivity contribution is -0.121. The van der Waals surface area contributed by atoms with Crippen molar-refractivity contribution < 1.29 is 9.59 Å². The fourth-order valence-electron chi connectivity index (χ4n) is 3.86. The number of carbonyl (C=O) groups is 2. The lowest BCUT2D eigenvalue weighted by Gasteiger charge is -2.34. The zero-order valence-corrected chi connectivity index (χ0v) is 17.8. The fraction of sp³-hybridized carbons (Fsp3) is 0.417. The molecule has 3 amide bonds.